The van der Waals surface area contributed by atoms with Crippen LogP contribution in [0.5, 0.6) is 0 Å². The van der Waals surface area contributed by atoms with Crippen LogP contribution >= 0.6 is 0 Å². The van der Waals surface area contributed by atoms with Crippen molar-refractivity contribution in [3.63, 3.8) is 0 Å². The van der Waals surface area contributed by atoms with Gasteiger partial charge in [0.1, 0.15) is 5.56 Å². The van der Waals surface area contributed by atoms with Gasteiger partial charge in [-0.15, -0.1) is 5.10 Å². The summed E-state index contributed by atoms with van der Waals surface area (Å²) in [6.07, 6.45) is 11.2. The number of carbonyl (C=O) groups excluding carboxylic acids is 1. The number of unbranched alkanes of at least 4 members (excludes halogenated alkanes) is 6. The molecule has 2 aromatic heterocycles. The molecular formula is C22H36N6O2. The number of fused-ring (bicyclic) bond motifs is 1. The first-order chi connectivity index (χ1) is 14.6. The molecule has 8 nitrogen and oxygen atoms in total. The van der Waals surface area contributed by atoms with Crippen LogP contribution in [0.4, 0.5) is 5.82 Å². The topological polar surface area (TPSA) is 75.9 Å². The summed E-state index contributed by atoms with van der Waals surface area (Å²) in [6.45, 7) is 7.92. The van der Waals surface area contributed by atoms with Gasteiger partial charge in [-0.05, 0) is 20.4 Å². The van der Waals surface area contributed by atoms with E-state index in [4.69, 9.17) is 9.84 Å². The number of anilines is 1. The van der Waals surface area contributed by atoms with Crippen LogP contribution in [-0.4, -0.2) is 70.3 Å². The van der Waals surface area contributed by atoms with E-state index in [-0.39, 0.29) is 5.97 Å². The Morgan fingerprint density at radius 2 is 1.73 bits per heavy atom. The second-order valence-electron chi connectivity index (χ2n) is 8.12. The fourth-order valence-corrected chi connectivity index (χ4v) is 3.89. The smallest absolute Gasteiger partial charge is 0.343 e. The lowest BCUT2D eigenvalue weighted by molar-refractivity contribution is 0.0525. The number of aromatic nitrogens is 4. The van der Waals surface area contributed by atoms with E-state index in [1.54, 1.807) is 10.7 Å². The quantitative estimate of drug-likeness (QED) is 0.411. The highest BCUT2D eigenvalue weighted by Gasteiger charge is 2.26. The average Bonchev–Trinajstić information content (AvgIpc) is 3.16. The Bertz CT molecular complexity index is 813. The van der Waals surface area contributed by atoms with Gasteiger partial charge in [0.05, 0.1) is 6.61 Å². The number of ether oxygens (including phenoxy) is 1. The Morgan fingerprint density at radius 1 is 1.03 bits per heavy atom. The molecule has 0 atom stereocenters. The van der Waals surface area contributed by atoms with Crippen LogP contribution in [0.15, 0.2) is 6.20 Å². The van der Waals surface area contributed by atoms with E-state index < -0.39 is 0 Å². The molecule has 1 aliphatic heterocycles. The fraction of sp³-hybridized carbons (Fsp3) is 0.727. The highest BCUT2D eigenvalue weighted by Crippen LogP contribution is 2.23. The molecule has 0 aromatic carbocycles. The van der Waals surface area contributed by atoms with Crippen LogP contribution in [0.3, 0.4) is 0 Å². The van der Waals surface area contributed by atoms with Gasteiger partial charge in [-0.1, -0.05) is 45.4 Å². The first-order valence-electron chi connectivity index (χ1n) is 11.5. The molecule has 166 valence electrons. The third kappa shape index (κ3) is 5.68. The fourth-order valence-electron chi connectivity index (χ4n) is 3.89. The third-order valence-corrected chi connectivity index (χ3v) is 5.69. The third-order valence-electron chi connectivity index (χ3n) is 5.69. The van der Waals surface area contributed by atoms with E-state index in [1.807, 2.05) is 6.92 Å². The van der Waals surface area contributed by atoms with Crippen molar-refractivity contribution in [3.05, 3.63) is 17.6 Å². The summed E-state index contributed by atoms with van der Waals surface area (Å²) in [5, 5.41) is 4.74. The van der Waals surface area contributed by atoms with Crippen molar-refractivity contribution in [1.82, 2.24) is 24.5 Å². The van der Waals surface area contributed by atoms with Crippen LogP contribution in [0, 0.1) is 0 Å². The standard InChI is InChI=1S/C22H36N6O2/c1-4-6-7-8-9-10-11-12-19-24-22-23-17-18(21(29)30-5-2)20(28(22)25-19)27-15-13-26(3)14-16-27/h17H,4-16H2,1-3H3. The SMILES string of the molecule is CCCCCCCCCc1nc2ncc(C(=O)OCC)c(N3CCN(C)CC3)n2n1. The van der Waals surface area contributed by atoms with Gasteiger partial charge >= 0.3 is 5.97 Å². The number of piperazine rings is 1. The summed E-state index contributed by atoms with van der Waals surface area (Å²) in [6, 6.07) is 0. The summed E-state index contributed by atoms with van der Waals surface area (Å²) in [7, 11) is 2.11. The van der Waals surface area contributed by atoms with Crippen LogP contribution in [-0.2, 0) is 11.2 Å². The number of rotatable bonds is 11. The summed E-state index contributed by atoms with van der Waals surface area (Å²) in [4.78, 5) is 26.1. The predicted molar refractivity (Wildman–Crippen MR) is 118 cm³/mol. The number of carbonyl (C=O) groups is 1. The maximum atomic E-state index is 12.6. The predicted octanol–water partition coefficient (Wildman–Crippen LogP) is 3.35. The summed E-state index contributed by atoms with van der Waals surface area (Å²) in [5.41, 5.74) is 0.460. The van der Waals surface area contributed by atoms with Crippen molar-refractivity contribution >= 4 is 17.6 Å². The summed E-state index contributed by atoms with van der Waals surface area (Å²) < 4.78 is 7.02. The van der Waals surface area contributed by atoms with Crippen molar-refractivity contribution in [1.29, 1.82) is 0 Å². The van der Waals surface area contributed by atoms with Crippen molar-refractivity contribution in [2.75, 3.05) is 44.7 Å². The Morgan fingerprint density at radius 3 is 2.43 bits per heavy atom. The highest BCUT2D eigenvalue weighted by molar-refractivity contribution is 5.95. The molecule has 30 heavy (non-hydrogen) atoms. The largest absolute Gasteiger partial charge is 0.462 e. The second-order valence-corrected chi connectivity index (χ2v) is 8.12. The van der Waals surface area contributed by atoms with Crippen molar-refractivity contribution in [2.24, 2.45) is 0 Å². The van der Waals surface area contributed by atoms with E-state index >= 15 is 0 Å². The van der Waals surface area contributed by atoms with E-state index in [2.05, 4.69) is 33.7 Å². The summed E-state index contributed by atoms with van der Waals surface area (Å²) >= 11 is 0. The minimum absolute atomic E-state index is 0.333. The van der Waals surface area contributed by atoms with Gasteiger partial charge in [-0.3, -0.25) is 0 Å². The second kappa shape index (κ2) is 11.2. The summed E-state index contributed by atoms with van der Waals surface area (Å²) in [5.74, 6) is 1.75. The molecule has 8 heteroatoms. The maximum absolute atomic E-state index is 12.6. The van der Waals surface area contributed by atoms with Gasteiger partial charge in [-0.2, -0.15) is 9.50 Å². The molecule has 3 heterocycles. The lowest BCUT2D eigenvalue weighted by atomic mass is 10.1. The molecule has 0 amide bonds. The van der Waals surface area contributed by atoms with Crippen LogP contribution in [0.2, 0.25) is 0 Å². The lowest BCUT2D eigenvalue weighted by Crippen LogP contribution is -2.45. The zero-order valence-electron chi connectivity index (χ0n) is 18.8. The van der Waals surface area contributed by atoms with Gasteiger partial charge in [-0.25, -0.2) is 9.78 Å². The molecule has 0 saturated carbocycles. The van der Waals surface area contributed by atoms with E-state index in [0.717, 1.165) is 50.7 Å². The molecule has 0 aliphatic carbocycles. The lowest BCUT2D eigenvalue weighted by Gasteiger charge is -2.34. The van der Waals surface area contributed by atoms with Gasteiger partial charge in [0.2, 0.25) is 0 Å². The molecule has 0 radical (unpaired) electrons. The molecule has 0 bridgehead atoms. The van der Waals surface area contributed by atoms with E-state index in [9.17, 15) is 4.79 Å². The number of nitrogens with zero attached hydrogens (tertiary/aromatic N) is 6. The molecule has 2 aromatic rings. The molecular weight excluding hydrogens is 380 g/mol. The number of hydrogen-bond acceptors (Lipinski definition) is 7. The van der Waals surface area contributed by atoms with Gasteiger partial charge in [0.15, 0.2) is 11.6 Å². The molecule has 0 unspecified atom stereocenters. The molecule has 3 rings (SSSR count). The monoisotopic (exact) mass is 416 g/mol. The Hall–Kier alpha value is -2.22. The number of hydrogen-bond donors (Lipinski definition) is 0. The van der Waals surface area contributed by atoms with Gasteiger partial charge in [0.25, 0.3) is 5.78 Å². The highest BCUT2D eigenvalue weighted by atomic mass is 16.5. The minimum Gasteiger partial charge on any atom is -0.462 e. The normalized spacial score (nSPS) is 15.1. The van der Waals surface area contributed by atoms with Crippen LogP contribution < -0.4 is 4.90 Å². The van der Waals surface area contributed by atoms with Crippen LogP contribution in [0.1, 0.15) is 75.0 Å². The molecule has 1 saturated heterocycles. The molecule has 1 fully saturated rings. The Kier molecular flexibility index (Phi) is 8.42. The average molecular weight is 417 g/mol. The molecule has 1 aliphatic rings. The zero-order chi connectivity index (χ0) is 21.3. The number of likely N-dealkylation sites (N-methyl/N-ethyl adjacent to an activating group) is 1. The number of aryl methyl sites for hydroxylation is 1. The van der Waals surface area contributed by atoms with Crippen molar-refractivity contribution < 1.29 is 9.53 Å². The molecule has 0 N–H and O–H groups in total. The Labute approximate surface area is 179 Å². The van der Waals surface area contributed by atoms with Gasteiger partial charge in [0, 0.05) is 38.8 Å². The zero-order valence-corrected chi connectivity index (χ0v) is 18.8. The van der Waals surface area contributed by atoms with Crippen molar-refractivity contribution in [2.45, 2.75) is 65.2 Å². The van der Waals surface area contributed by atoms with E-state index in [1.165, 1.54) is 38.5 Å². The first kappa shape index (κ1) is 22.5. The van der Waals surface area contributed by atoms with Crippen molar-refractivity contribution in [3.8, 4) is 0 Å². The maximum Gasteiger partial charge on any atom is 0.343 e. The van der Waals surface area contributed by atoms with E-state index in [0.29, 0.717) is 17.9 Å². The first-order valence-corrected chi connectivity index (χ1v) is 11.5. The molecule has 0 spiro atoms. The Balaban J connectivity index is 1.76. The van der Waals surface area contributed by atoms with Gasteiger partial charge < -0.3 is 14.5 Å². The number of esters is 1. The minimum atomic E-state index is -0.357. The van der Waals surface area contributed by atoms with Crippen LogP contribution in [0.25, 0.3) is 5.78 Å².